The Hall–Kier alpha value is -2.16. The van der Waals surface area contributed by atoms with Crippen molar-refractivity contribution in [3.05, 3.63) is 42.1 Å². The molecule has 0 spiro atoms. The minimum absolute atomic E-state index is 0.784. The van der Waals surface area contributed by atoms with E-state index in [0.717, 1.165) is 23.2 Å². The molecular weight excluding hydrogens is 304 g/mol. The molecule has 6 nitrogen and oxygen atoms in total. The van der Waals surface area contributed by atoms with Crippen molar-refractivity contribution in [2.75, 3.05) is 0 Å². The van der Waals surface area contributed by atoms with Crippen LogP contribution in [0.25, 0.3) is 0 Å². The van der Waals surface area contributed by atoms with Gasteiger partial charge in [-0.2, -0.15) is 0 Å². The van der Waals surface area contributed by atoms with E-state index in [1.54, 1.807) is 24.6 Å². The predicted molar refractivity (Wildman–Crippen MR) is 70.3 cm³/mol. The number of nitrogens with one attached hydrogen (secondary N) is 2. The number of rotatable bonds is 2. The highest BCUT2D eigenvalue weighted by Gasteiger charge is 2.35. The van der Waals surface area contributed by atoms with Crippen LogP contribution in [-0.4, -0.2) is 25.0 Å². The zero-order chi connectivity index (χ0) is 15.8. The highest BCUT2D eigenvalue weighted by atomic mass is 32.2. The molecule has 2 rings (SSSR count). The molecule has 0 fully saturated rings. The fourth-order valence-electron chi connectivity index (χ4n) is 1.83. The minimum Gasteiger partial charge on any atom is -0.301 e. The van der Waals surface area contributed by atoms with E-state index in [2.05, 4.69) is 5.43 Å². The lowest BCUT2D eigenvalue weighted by Gasteiger charge is -2.30. The molecule has 1 aromatic rings. The summed E-state index contributed by atoms with van der Waals surface area (Å²) in [6.45, 7) is 3.30. The number of benzene rings is 1. The molecule has 0 unspecified atom stereocenters. The first-order valence-electron chi connectivity index (χ1n) is 5.90. The van der Waals surface area contributed by atoms with Crippen molar-refractivity contribution in [3.8, 4) is 0 Å². The van der Waals surface area contributed by atoms with E-state index >= 15 is 0 Å². The second-order valence-corrected chi connectivity index (χ2v) is 6.53. The molecule has 0 radical (unpaired) electrons. The molecule has 0 bridgehead atoms. The van der Waals surface area contributed by atoms with Gasteiger partial charge in [-0.15, -0.1) is 0 Å². The summed E-state index contributed by atoms with van der Waals surface area (Å²) >= 11 is 0. The lowest BCUT2D eigenvalue weighted by Crippen LogP contribution is -2.54. The number of sulfonamides is 1. The molecule has 0 saturated carbocycles. The normalized spacial score (nSPS) is 16.7. The molecule has 0 aliphatic carbocycles. The highest BCUT2D eigenvalue weighted by Crippen LogP contribution is 2.21. The third kappa shape index (κ3) is 2.82. The molecule has 1 aliphatic heterocycles. The van der Waals surface area contributed by atoms with Crippen LogP contribution < -0.4 is 10.1 Å². The Morgan fingerprint density at radius 1 is 1.29 bits per heavy atom. The summed E-state index contributed by atoms with van der Waals surface area (Å²) < 4.78 is 52.6. The van der Waals surface area contributed by atoms with Gasteiger partial charge >= 0.3 is 6.03 Å². The molecule has 0 atom stereocenters. The van der Waals surface area contributed by atoms with E-state index in [1.807, 2.05) is 0 Å². The zero-order valence-electron chi connectivity index (χ0n) is 11.2. The molecule has 1 aliphatic rings. The topological polar surface area (TPSA) is 78.5 Å². The third-order valence-electron chi connectivity index (χ3n) is 2.88. The Kier molecular flexibility index (Phi) is 3.62. The number of carbonyl (C=O) groups is 1. The Morgan fingerprint density at radius 2 is 1.86 bits per heavy atom. The number of hydrogen-bond acceptors (Lipinski definition) is 4. The summed E-state index contributed by atoms with van der Waals surface area (Å²) in [6, 6.07) is 1.57. The van der Waals surface area contributed by atoms with Gasteiger partial charge in [0.25, 0.3) is 10.0 Å². The second-order valence-electron chi connectivity index (χ2n) is 4.91. The van der Waals surface area contributed by atoms with Crippen LogP contribution >= 0.6 is 0 Å². The van der Waals surface area contributed by atoms with Crippen molar-refractivity contribution in [3.63, 3.8) is 0 Å². The van der Waals surface area contributed by atoms with Crippen molar-refractivity contribution >= 4 is 16.1 Å². The van der Waals surface area contributed by atoms with Crippen molar-refractivity contribution in [1.82, 2.24) is 15.2 Å². The van der Waals surface area contributed by atoms with Gasteiger partial charge < -0.3 is 5.43 Å². The summed E-state index contributed by atoms with van der Waals surface area (Å²) in [4.78, 5) is 10.8. The van der Waals surface area contributed by atoms with Crippen LogP contribution in [0, 0.1) is 11.6 Å². The van der Waals surface area contributed by atoms with Crippen molar-refractivity contribution < 1.29 is 22.0 Å². The van der Waals surface area contributed by atoms with Gasteiger partial charge in [-0.3, -0.25) is 0 Å². The maximum absolute atomic E-state index is 13.5. The molecule has 0 saturated heterocycles. The van der Waals surface area contributed by atoms with E-state index in [1.165, 1.54) is 6.20 Å². The molecule has 9 heteroatoms. The lowest BCUT2D eigenvalue weighted by atomic mass is 10.1. The number of amides is 2. The maximum atomic E-state index is 13.5. The summed E-state index contributed by atoms with van der Waals surface area (Å²) in [5.74, 6) is -2.55. The highest BCUT2D eigenvalue weighted by molar-refractivity contribution is 7.90. The SMILES string of the molecule is CC1(C)C=CNN1C(=O)NS(=O)(=O)c1c(F)cccc1F. The maximum Gasteiger partial charge on any atom is 0.350 e. The lowest BCUT2D eigenvalue weighted by molar-refractivity contribution is 0.152. The van der Waals surface area contributed by atoms with Gasteiger partial charge in [0.1, 0.15) is 11.6 Å². The monoisotopic (exact) mass is 317 g/mol. The largest absolute Gasteiger partial charge is 0.350 e. The van der Waals surface area contributed by atoms with Crippen LogP contribution in [0.15, 0.2) is 35.4 Å². The first kappa shape index (κ1) is 15.2. The Morgan fingerprint density at radius 3 is 2.33 bits per heavy atom. The average Bonchev–Trinajstić information content (AvgIpc) is 2.67. The van der Waals surface area contributed by atoms with Gasteiger partial charge in [0.05, 0.1) is 5.54 Å². The quantitative estimate of drug-likeness (QED) is 0.866. The van der Waals surface area contributed by atoms with Crippen LogP contribution in [0.4, 0.5) is 13.6 Å². The van der Waals surface area contributed by atoms with E-state index < -0.39 is 38.1 Å². The van der Waals surface area contributed by atoms with Gasteiger partial charge in [-0.05, 0) is 32.1 Å². The second kappa shape index (κ2) is 4.99. The van der Waals surface area contributed by atoms with E-state index in [4.69, 9.17) is 0 Å². The van der Waals surface area contributed by atoms with Crippen molar-refractivity contribution in [1.29, 1.82) is 0 Å². The third-order valence-corrected chi connectivity index (χ3v) is 4.25. The number of halogens is 2. The standard InChI is InChI=1S/C12H13F2N3O3S/c1-12(2)6-7-15-17(12)11(18)16-21(19,20)10-8(13)4-3-5-9(10)14/h3-7,15H,1-2H3,(H,16,18). The number of hydrazine groups is 1. The molecule has 2 N–H and O–H groups in total. The Labute approximate surface area is 120 Å². The molecule has 1 heterocycles. The fraction of sp³-hybridized carbons (Fsp3) is 0.250. The van der Waals surface area contributed by atoms with Gasteiger partial charge in [0, 0.05) is 6.20 Å². The molecular formula is C12H13F2N3O3S. The van der Waals surface area contributed by atoms with Gasteiger partial charge in [-0.1, -0.05) is 6.07 Å². The fourth-order valence-corrected chi connectivity index (χ4v) is 2.90. The van der Waals surface area contributed by atoms with E-state index in [-0.39, 0.29) is 0 Å². The smallest absolute Gasteiger partial charge is 0.301 e. The first-order chi connectivity index (χ1) is 9.65. The van der Waals surface area contributed by atoms with Crippen LogP contribution in [0.2, 0.25) is 0 Å². The summed E-state index contributed by atoms with van der Waals surface area (Å²) in [7, 11) is -4.67. The number of carbonyl (C=O) groups excluding carboxylic acids is 1. The van der Waals surface area contributed by atoms with Crippen LogP contribution in [-0.2, 0) is 10.0 Å². The van der Waals surface area contributed by atoms with Crippen LogP contribution in [0.1, 0.15) is 13.8 Å². The van der Waals surface area contributed by atoms with Crippen molar-refractivity contribution in [2.24, 2.45) is 0 Å². The molecule has 21 heavy (non-hydrogen) atoms. The van der Waals surface area contributed by atoms with Crippen LogP contribution in [0.5, 0.6) is 0 Å². The Balaban J connectivity index is 2.29. The molecule has 1 aromatic carbocycles. The van der Waals surface area contributed by atoms with Gasteiger partial charge in [0.15, 0.2) is 4.90 Å². The van der Waals surface area contributed by atoms with Gasteiger partial charge in [-0.25, -0.2) is 31.7 Å². The minimum atomic E-state index is -4.67. The number of urea groups is 1. The molecule has 0 aromatic heterocycles. The predicted octanol–water partition coefficient (Wildman–Crippen LogP) is 1.48. The molecule has 114 valence electrons. The summed E-state index contributed by atoms with van der Waals surface area (Å²) in [5.41, 5.74) is 1.75. The summed E-state index contributed by atoms with van der Waals surface area (Å²) in [5, 5.41) is 0.989. The van der Waals surface area contributed by atoms with Crippen molar-refractivity contribution in [2.45, 2.75) is 24.3 Å². The molecule has 2 amide bonds. The van der Waals surface area contributed by atoms with Crippen LogP contribution in [0.3, 0.4) is 0 Å². The first-order valence-corrected chi connectivity index (χ1v) is 7.38. The van der Waals surface area contributed by atoms with E-state index in [9.17, 15) is 22.0 Å². The summed E-state index contributed by atoms with van der Waals surface area (Å²) in [6.07, 6.45) is 3.08. The average molecular weight is 317 g/mol. The number of hydrogen-bond donors (Lipinski definition) is 2. The zero-order valence-corrected chi connectivity index (χ0v) is 12.0. The van der Waals surface area contributed by atoms with Gasteiger partial charge in [0.2, 0.25) is 0 Å². The number of nitrogens with zero attached hydrogens (tertiary/aromatic N) is 1. The Bertz CT molecular complexity index is 696. The van der Waals surface area contributed by atoms with E-state index in [0.29, 0.717) is 0 Å².